The lowest BCUT2D eigenvalue weighted by Gasteiger charge is -2.06. The molecule has 1 unspecified atom stereocenters. The maximum atomic E-state index is 10.7. The van der Waals surface area contributed by atoms with E-state index in [0.717, 1.165) is 0 Å². The largest absolute Gasteiger partial charge is 0.480 e. The smallest absolute Gasteiger partial charge is 0.316 e. The molecule has 0 amide bonds. The van der Waals surface area contributed by atoms with Crippen molar-refractivity contribution in [3.63, 3.8) is 0 Å². The van der Waals surface area contributed by atoms with Crippen molar-refractivity contribution in [2.45, 2.75) is 31.3 Å². The minimum absolute atomic E-state index is 0.401. The zero-order valence-electron chi connectivity index (χ0n) is 8.06. The summed E-state index contributed by atoms with van der Waals surface area (Å²) in [5.74, 6) is 0.705. The Hall–Kier alpha value is -1.04. The van der Waals surface area contributed by atoms with Gasteiger partial charge in [-0.25, -0.2) is 0 Å². The van der Waals surface area contributed by atoms with E-state index in [4.69, 9.17) is 9.63 Å². The molecule has 1 aromatic rings. The quantitative estimate of drug-likeness (QED) is 0.803. The fraction of sp³-hybridized carbons (Fsp3) is 0.625. The molecule has 6 heteroatoms. The van der Waals surface area contributed by atoms with Crippen molar-refractivity contribution < 1.29 is 14.4 Å². The number of aliphatic carboxylic acids is 1. The Kier molecular flexibility index (Phi) is 3.94. The first-order valence-electron chi connectivity index (χ1n) is 4.27. The van der Waals surface area contributed by atoms with Gasteiger partial charge in [-0.15, -0.1) is 11.8 Å². The second-order valence-corrected chi connectivity index (χ2v) is 3.97. The molecule has 14 heavy (non-hydrogen) atoms. The topological polar surface area (TPSA) is 76.2 Å². The Labute approximate surface area is 85.9 Å². The van der Waals surface area contributed by atoms with E-state index in [1.54, 1.807) is 6.92 Å². The van der Waals surface area contributed by atoms with Gasteiger partial charge in [0.2, 0.25) is 5.89 Å². The molecule has 0 aliphatic carbocycles. The number of carbonyl (C=O) groups is 1. The van der Waals surface area contributed by atoms with Crippen LogP contribution in [-0.4, -0.2) is 26.5 Å². The van der Waals surface area contributed by atoms with Crippen molar-refractivity contribution in [3.8, 4) is 0 Å². The monoisotopic (exact) mass is 216 g/mol. The van der Waals surface area contributed by atoms with Crippen LogP contribution in [0.15, 0.2) is 4.52 Å². The first-order valence-corrected chi connectivity index (χ1v) is 5.32. The molecule has 1 aromatic heterocycles. The third kappa shape index (κ3) is 3.02. The van der Waals surface area contributed by atoms with Gasteiger partial charge in [-0.3, -0.25) is 4.79 Å². The summed E-state index contributed by atoms with van der Waals surface area (Å²) in [6.07, 6.45) is 0.590. The van der Waals surface area contributed by atoms with Gasteiger partial charge in [-0.2, -0.15) is 4.98 Å². The summed E-state index contributed by atoms with van der Waals surface area (Å²) in [5, 5.41) is 12.0. The number of thioether (sulfide) groups is 1. The van der Waals surface area contributed by atoms with Crippen LogP contribution in [0.3, 0.4) is 0 Å². The van der Waals surface area contributed by atoms with Crippen molar-refractivity contribution in [2.75, 3.05) is 0 Å². The minimum atomic E-state index is -0.797. The number of nitrogens with zero attached hydrogens (tertiary/aromatic N) is 2. The second-order valence-electron chi connectivity index (χ2n) is 2.78. The Balaban J connectivity index is 2.43. The average Bonchev–Trinajstić information content (AvgIpc) is 2.52. The lowest BCUT2D eigenvalue weighted by molar-refractivity contribution is -0.136. The van der Waals surface area contributed by atoms with E-state index in [1.165, 1.54) is 11.8 Å². The Bertz CT molecular complexity index is 313. The molecule has 0 saturated heterocycles. The normalized spacial score (nSPS) is 12.7. The Morgan fingerprint density at radius 1 is 1.71 bits per heavy atom. The average molecular weight is 216 g/mol. The maximum absolute atomic E-state index is 10.7. The van der Waals surface area contributed by atoms with Crippen molar-refractivity contribution in [1.29, 1.82) is 0 Å². The van der Waals surface area contributed by atoms with Gasteiger partial charge >= 0.3 is 5.97 Å². The third-order valence-corrected chi connectivity index (χ3v) is 2.97. The summed E-state index contributed by atoms with van der Waals surface area (Å²) in [7, 11) is 0. The molecule has 1 rings (SSSR count). The molecule has 78 valence electrons. The summed E-state index contributed by atoms with van der Waals surface area (Å²) in [6, 6.07) is 0. The number of hydrogen-bond donors (Lipinski definition) is 1. The number of aryl methyl sites for hydroxylation is 1. The molecule has 0 aromatic carbocycles. The van der Waals surface area contributed by atoms with Gasteiger partial charge in [0.05, 0.1) is 5.75 Å². The molecule has 1 atom stereocenters. The minimum Gasteiger partial charge on any atom is -0.480 e. The summed E-state index contributed by atoms with van der Waals surface area (Å²) >= 11 is 1.30. The Morgan fingerprint density at radius 3 is 2.86 bits per heavy atom. The highest BCUT2D eigenvalue weighted by molar-refractivity contribution is 7.99. The van der Waals surface area contributed by atoms with Crippen molar-refractivity contribution in [3.05, 3.63) is 11.7 Å². The number of hydrogen-bond acceptors (Lipinski definition) is 5. The van der Waals surface area contributed by atoms with E-state index >= 15 is 0 Å². The van der Waals surface area contributed by atoms with E-state index in [9.17, 15) is 4.79 Å². The highest BCUT2D eigenvalue weighted by Crippen LogP contribution is 2.19. The first kappa shape index (κ1) is 11.0. The molecule has 0 spiro atoms. The molecule has 0 fully saturated rings. The lowest BCUT2D eigenvalue weighted by Crippen LogP contribution is -2.15. The van der Waals surface area contributed by atoms with E-state index < -0.39 is 11.2 Å². The molecule has 5 nitrogen and oxygen atoms in total. The van der Waals surface area contributed by atoms with Crippen LogP contribution in [0.25, 0.3) is 0 Å². The van der Waals surface area contributed by atoms with Crippen LogP contribution in [-0.2, 0) is 10.5 Å². The van der Waals surface area contributed by atoms with Crippen LogP contribution in [0, 0.1) is 6.92 Å². The van der Waals surface area contributed by atoms with Crippen molar-refractivity contribution in [1.82, 2.24) is 10.1 Å². The molecular weight excluding hydrogens is 204 g/mol. The standard InChI is InChI=1S/C8H12N2O3S/c1-3-6(8(11)12)14-4-7-9-5(2)10-13-7/h6H,3-4H2,1-2H3,(H,11,12). The predicted molar refractivity (Wildman–Crippen MR) is 52.0 cm³/mol. The van der Waals surface area contributed by atoms with E-state index in [1.807, 2.05) is 6.92 Å². The van der Waals surface area contributed by atoms with Crippen molar-refractivity contribution >= 4 is 17.7 Å². The molecule has 0 aliphatic heterocycles. The van der Waals surface area contributed by atoms with Crippen molar-refractivity contribution in [2.24, 2.45) is 0 Å². The third-order valence-electron chi connectivity index (χ3n) is 1.62. The van der Waals surface area contributed by atoms with Crippen LogP contribution in [0.2, 0.25) is 0 Å². The molecule has 1 N–H and O–H groups in total. The highest BCUT2D eigenvalue weighted by atomic mass is 32.2. The van der Waals surface area contributed by atoms with Crippen LogP contribution in [0.4, 0.5) is 0 Å². The first-order chi connectivity index (χ1) is 6.63. The van der Waals surface area contributed by atoms with Crippen LogP contribution >= 0.6 is 11.8 Å². The molecule has 1 heterocycles. The SMILES string of the molecule is CCC(SCc1nc(C)no1)C(=O)O. The summed E-state index contributed by atoms with van der Waals surface area (Å²) < 4.78 is 4.86. The number of carboxylic acid groups (broad SMARTS) is 1. The second kappa shape index (κ2) is 4.99. The zero-order valence-corrected chi connectivity index (χ0v) is 8.87. The fourth-order valence-electron chi connectivity index (χ4n) is 0.934. The molecule has 0 bridgehead atoms. The molecule has 0 saturated carbocycles. The van der Waals surface area contributed by atoms with Gasteiger partial charge < -0.3 is 9.63 Å². The Morgan fingerprint density at radius 2 is 2.43 bits per heavy atom. The van der Waals surface area contributed by atoms with E-state index in [-0.39, 0.29) is 0 Å². The zero-order chi connectivity index (χ0) is 10.6. The van der Waals surface area contributed by atoms with Crippen LogP contribution in [0.5, 0.6) is 0 Å². The molecular formula is C8H12N2O3S. The molecule has 0 aliphatic rings. The van der Waals surface area contributed by atoms with Crippen LogP contribution in [0.1, 0.15) is 25.1 Å². The van der Waals surface area contributed by atoms with Gasteiger partial charge in [0, 0.05) is 0 Å². The molecule has 0 radical (unpaired) electrons. The predicted octanol–water partition coefficient (Wildman–Crippen LogP) is 1.47. The number of aromatic nitrogens is 2. The van der Waals surface area contributed by atoms with Gasteiger partial charge in [0.1, 0.15) is 5.25 Å². The number of rotatable bonds is 5. The van der Waals surface area contributed by atoms with Gasteiger partial charge in [0.15, 0.2) is 5.82 Å². The summed E-state index contributed by atoms with van der Waals surface area (Å²) in [4.78, 5) is 14.7. The van der Waals surface area contributed by atoms with E-state index in [2.05, 4.69) is 10.1 Å². The lowest BCUT2D eigenvalue weighted by atomic mass is 10.3. The van der Waals surface area contributed by atoms with Gasteiger partial charge in [-0.05, 0) is 13.3 Å². The fourth-order valence-corrected chi connectivity index (χ4v) is 1.77. The summed E-state index contributed by atoms with van der Waals surface area (Å²) in [5.41, 5.74) is 0. The van der Waals surface area contributed by atoms with Gasteiger partial charge in [-0.1, -0.05) is 12.1 Å². The van der Waals surface area contributed by atoms with Crippen LogP contribution < -0.4 is 0 Å². The highest BCUT2D eigenvalue weighted by Gasteiger charge is 2.16. The maximum Gasteiger partial charge on any atom is 0.316 e. The number of carboxylic acids is 1. The van der Waals surface area contributed by atoms with E-state index in [0.29, 0.717) is 23.9 Å². The van der Waals surface area contributed by atoms with Gasteiger partial charge in [0.25, 0.3) is 0 Å². The summed E-state index contributed by atoms with van der Waals surface area (Å²) in [6.45, 7) is 3.57.